The molecular weight excluding hydrogens is 252 g/mol. The molecule has 0 aliphatic rings. The van der Waals surface area contributed by atoms with Crippen molar-refractivity contribution >= 4 is 11.6 Å². The van der Waals surface area contributed by atoms with Gasteiger partial charge in [0.2, 0.25) is 0 Å². The van der Waals surface area contributed by atoms with E-state index in [0.717, 1.165) is 12.8 Å². The number of aryl methyl sites for hydroxylation is 2. The van der Waals surface area contributed by atoms with Gasteiger partial charge in [-0.25, -0.2) is 4.79 Å². The van der Waals surface area contributed by atoms with Gasteiger partial charge in [0.1, 0.15) is 5.02 Å². The number of benzene rings is 1. The number of H-pyrrole nitrogens is 1. The van der Waals surface area contributed by atoms with Gasteiger partial charge in [0, 0.05) is 12.7 Å². The molecule has 0 spiro atoms. The van der Waals surface area contributed by atoms with E-state index in [1.54, 1.807) is 0 Å². The van der Waals surface area contributed by atoms with E-state index >= 15 is 0 Å². The first kappa shape index (κ1) is 12.6. The van der Waals surface area contributed by atoms with E-state index in [-0.39, 0.29) is 5.02 Å². The molecule has 0 saturated carbocycles. The minimum absolute atomic E-state index is 0.0364. The van der Waals surface area contributed by atoms with Crippen LogP contribution >= 0.6 is 11.6 Å². The standard InChI is InChI=1S/C13H13ClN2O2/c14-11-9-16(13(18)15-12(11)17)8-4-7-10-5-2-1-3-6-10/h1-3,5-6,9H,4,7-8H2,(H,15,17,18). The van der Waals surface area contributed by atoms with E-state index in [2.05, 4.69) is 4.98 Å². The molecule has 18 heavy (non-hydrogen) atoms. The Kier molecular flexibility index (Phi) is 3.99. The summed E-state index contributed by atoms with van der Waals surface area (Å²) in [6.45, 7) is 0.532. The van der Waals surface area contributed by atoms with Gasteiger partial charge in [-0.2, -0.15) is 0 Å². The van der Waals surface area contributed by atoms with Crippen molar-refractivity contribution in [3.8, 4) is 0 Å². The van der Waals surface area contributed by atoms with E-state index in [1.807, 2.05) is 30.3 Å². The van der Waals surface area contributed by atoms with E-state index in [1.165, 1.54) is 16.3 Å². The zero-order valence-electron chi connectivity index (χ0n) is 9.73. The highest BCUT2D eigenvalue weighted by atomic mass is 35.5. The summed E-state index contributed by atoms with van der Waals surface area (Å²) in [6.07, 6.45) is 3.07. The summed E-state index contributed by atoms with van der Waals surface area (Å²) in [7, 11) is 0. The Morgan fingerprint density at radius 1 is 1.17 bits per heavy atom. The van der Waals surface area contributed by atoms with Crippen LogP contribution in [0.15, 0.2) is 46.1 Å². The first-order valence-electron chi connectivity index (χ1n) is 5.70. The maximum absolute atomic E-state index is 11.5. The molecule has 0 radical (unpaired) electrons. The van der Waals surface area contributed by atoms with Gasteiger partial charge in [0.05, 0.1) is 0 Å². The number of hydrogen-bond acceptors (Lipinski definition) is 2. The van der Waals surface area contributed by atoms with Crippen LogP contribution in [0, 0.1) is 0 Å². The third-order valence-electron chi connectivity index (χ3n) is 2.67. The van der Waals surface area contributed by atoms with Crippen LogP contribution in [0.4, 0.5) is 0 Å². The topological polar surface area (TPSA) is 54.9 Å². The normalized spacial score (nSPS) is 10.5. The molecule has 1 aromatic heterocycles. The molecule has 0 saturated heterocycles. The summed E-state index contributed by atoms with van der Waals surface area (Å²) in [5.74, 6) is 0. The van der Waals surface area contributed by atoms with Gasteiger partial charge < -0.3 is 0 Å². The van der Waals surface area contributed by atoms with E-state index in [0.29, 0.717) is 6.54 Å². The molecule has 0 unspecified atom stereocenters. The quantitative estimate of drug-likeness (QED) is 0.916. The number of nitrogens with one attached hydrogen (secondary N) is 1. The number of aromatic nitrogens is 2. The Balaban J connectivity index is 2.01. The van der Waals surface area contributed by atoms with Crippen molar-refractivity contribution in [3.05, 3.63) is 68.0 Å². The lowest BCUT2D eigenvalue weighted by molar-refractivity contribution is 0.605. The molecule has 1 N–H and O–H groups in total. The van der Waals surface area contributed by atoms with Crippen LogP contribution in [0.5, 0.6) is 0 Å². The first-order chi connectivity index (χ1) is 8.66. The molecule has 0 fully saturated rings. The summed E-state index contributed by atoms with van der Waals surface area (Å²) in [4.78, 5) is 24.7. The molecule has 0 aliphatic heterocycles. The van der Waals surface area contributed by atoms with Crippen LogP contribution in [-0.2, 0) is 13.0 Å². The zero-order valence-corrected chi connectivity index (χ0v) is 10.5. The smallest absolute Gasteiger partial charge is 0.299 e. The Hall–Kier alpha value is -1.81. The largest absolute Gasteiger partial charge is 0.328 e. The first-order valence-corrected chi connectivity index (χ1v) is 6.08. The molecule has 0 atom stereocenters. The molecule has 2 rings (SSSR count). The number of rotatable bonds is 4. The predicted octanol–water partition coefficient (Wildman–Crippen LogP) is 1.82. The van der Waals surface area contributed by atoms with Gasteiger partial charge in [-0.15, -0.1) is 0 Å². The molecule has 2 aromatic rings. The monoisotopic (exact) mass is 264 g/mol. The molecule has 0 bridgehead atoms. The van der Waals surface area contributed by atoms with Crippen LogP contribution < -0.4 is 11.2 Å². The number of hydrogen-bond donors (Lipinski definition) is 1. The van der Waals surface area contributed by atoms with E-state index in [4.69, 9.17) is 11.6 Å². The fraction of sp³-hybridized carbons (Fsp3) is 0.231. The SMILES string of the molecule is O=c1[nH]c(=O)n(CCCc2ccccc2)cc1Cl. The van der Waals surface area contributed by atoms with Crippen molar-refractivity contribution in [3.63, 3.8) is 0 Å². The molecular formula is C13H13ClN2O2. The molecule has 0 amide bonds. The predicted molar refractivity (Wildman–Crippen MR) is 71.1 cm³/mol. The van der Waals surface area contributed by atoms with Crippen molar-refractivity contribution in [2.24, 2.45) is 0 Å². The van der Waals surface area contributed by atoms with Crippen LogP contribution in [-0.4, -0.2) is 9.55 Å². The van der Waals surface area contributed by atoms with E-state index in [9.17, 15) is 9.59 Å². The number of halogens is 1. The van der Waals surface area contributed by atoms with Gasteiger partial charge >= 0.3 is 5.69 Å². The lowest BCUT2D eigenvalue weighted by Gasteiger charge is -2.05. The zero-order chi connectivity index (χ0) is 13.0. The van der Waals surface area contributed by atoms with Crippen LogP contribution in [0.3, 0.4) is 0 Å². The summed E-state index contributed by atoms with van der Waals surface area (Å²) in [6, 6.07) is 10.0. The average Bonchev–Trinajstić information content (AvgIpc) is 2.37. The maximum Gasteiger partial charge on any atom is 0.328 e. The van der Waals surface area contributed by atoms with E-state index < -0.39 is 11.2 Å². The highest BCUT2D eigenvalue weighted by Gasteiger charge is 2.02. The Morgan fingerprint density at radius 2 is 1.89 bits per heavy atom. The van der Waals surface area contributed by atoms with Crippen molar-refractivity contribution in [1.29, 1.82) is 0 Å². The lowest BCUT2D eigenvalue weighted by Crippen LogP contribution is -2.29. The van der Waals surface area contributed by atoms with Gasteiger partial charge in [0.25, 0.3) is 5.56 Å². The van der Waals surface area contributed by atoms with Crippen LogP contribution in [0.25, 0.3) is 0 Å². The number of aromatic amines is 1. The summed E-state index contributed by atoms with van der Waals surface area (Å²) in [5, 5.41) is 0.0364. The third kappa shape index (κ3) is 3.11. The van der Waals surface area contributed by atoms with Crippen molar-refractivity contribution in [2.45, 2.75) is 19.4 Å². The molecule has 5 heteroatoms. The molecule has 4 nitrogen and oxygen atoms in total. The highest BCUT2D eigenvalue weighted by molar-refractivity contribution is 6.30. The fourth-order valence-electron chi connectivity index (χ4n) is 1.75. The summed E-state index contributed by atoms with van der Waals surface area (Å²) >= 11 is 5.68. The molecule has 1 heterocycles. The fourth-order valence-corrected chi connectivity index (χ4v) is 1.91. The minimum Gasteiger partial charge on any atom is -0.299 e. The van der Waals surface area contributed by atoms with Crippen molar-refractivity contribution < 1.29 is 0 Å². The van der Waals surface area contributed by atoms with Crippen LogP contribution in [0.2, 0.25) is 5.02 Å². The summed E-state index contributed by atoms with van der Waals surface area (Å²) < 4.78 is 1.42. The van der Waals surface area contributed by atoms with Gasteiger partial charge in [0.15, 0.2) is 0 Å². The van der Waals surface area contributed by atoms with Crippen LogP contribution in [0.1, 0.15) is 12.0 Å². The van der Waals surface area contributed by atoms with Crippen molar-refractivity contribution in [1.82, 2.24) is 9.55 Å². The highest BCUT2D eigenvalue weighted by Crippen LogP contribution is 2.03. The number of nitrogens with zero attached hydrogens (tertiary/aromatic N) is 1. The Morgan fingerprint density at radius 3 is 2.61 bits per heavy atom. The molecule has 94 valence electrons. The molecule has 0 aliphatic carbocycles. The second-order valence-corrected chi connectivity index (χ2v) is 4.43. The second kappa shape index (κ2) is 5.69. The second-order valence-electron chi connectivity index (χ2n) is 4.02. The van der Waals surface area contributed by atoms with Gasteiger partial charge in [-0.1, -0.05) is 41.9 Å². The Labute approximate surface area is 109 Å². The molecule has 1 aromatic carbocycles. The minimum atomic E-state index is -0.541. The summed E-state index contributed by atoms with van der Waals surface area (Å²) in [5.41, 5.74) is 0.263. The third-order valence-corrected chi connectivity index (χ3v) is 2.94. The van der Waals surface area contributed by atoms with Gasteiger partial charge in [-0.3, -0.25) is 14.3 Å². The maximum atomic E-state index is 11.5. The Bertz CT molecular complexity index is 631. The van der Waals surface area contributed by atoms with Gasteiger partial charge in [-0.05, 0) is 18.4 Å². The average molecular weight is 265 g/mol. The lowest BCUT2D eigenvalue weighted by atomic mass is 10.1. The van der Waals surface area contributed by atoms with Crippen molar-refractivity contribution in [2.75, 3.05) is 0 Å².